The van der Waals surface area contributed by atoms with Crippen molar-refractivity contribution in [1.82, 2.24) is 19.5 Å². The predicted molar refractivity (Wildman–Crippen MR) is 261 cm³/mol. The van der Waals surface area contributed by atoms with Crippen LogP contribution in [0.5, 0.6) is 0 Å². The molecule has 0 saturated carbocycles. The van der Waals surface area contributed by atoms with Crippen molar-refractivity contribution in [2.75, 3.05) is 0 Å². The number of benzene rings is 10. The monoisotopic (exact) mass is 811 g/mol. The minimum absolute atomic E-state index is 0.00345. The molecule has 288 valence electrons. The Kier molecular flexibility index (Phi) is 6.69. The number of para-hydroxylation sites is 2. The van der Waals surface area contributed by atoms with Gasteiger partial charge in [-0.25, -0.2) is 15.0 Å². The highest BCUT2D eigenvalue weighted by Gasteiger charge is 2.21. The van der Waals surface area contributed by atoms with E-state index < -0.39 is 18.1 Å². The zero-order chi connectivity index (χ0) is 45.1. The van der Waals surface area contributed by atoms with Crippen molar-refractivity contribution >= 4 is 85.6 Å². The Morgan fingerprint density at radius 3 is 1.55 bits per heavy atom. The zero-order valence-corrected chi connectivity index (χ0v) is 33.8. The summed E-state index contributed by atoms with van der Waals surface area (Å²) in [6, 6.07) is 59.3. The minimum Gasteiger partial charge on any atom is -0.309 e. The summed E-state index contributed by atoms with van der Waals surface area (Å²) in [5.74, 6) is 0.641. The van der Waals surface area contributed by atoms with Crippen LogP contribution in [0.15, 0.2) is 206 Å². The third-order valence-corrected chi connectivity index (χ3v) is 13.3. The van der Waals surface area contributed by atoms with Gasteiger partial charge in [0.25, 0.3) is 0 Å². The molecular weight excluding hydrogens is 773 g/mol. The number of hydrogen-bond acceptors (Lipinski definition) is 4. The van der Waals surface area contributed by atoms with E-state index in [9.17, 15) is 0 Å². The van der Waals surface area contributed by atoms with Gasteiger partial charge in [-0.3, -0.25) is 0 Å². The number of aromatic nitrogens is 4. The maximum Gasteiger partial charge on any atom is 0.165 e. The van der Waals surface area contributed by atoms with Crippen LogP contribution in [0.25, 0.3) is 125 Å². The van der Waals surface area contributed by atoms with Gasteiger partial charge in [-0.15, -0.1) is 11.3 Å². The van der Waals surface area contributed by atoms with Gasteiger partial charge in [0.15, 0.2) is 17.5 Å². The molecule has 0 aliphatic carbocycles. The van der Waals surface area contributed by atoms with E-state index in [1.165, 1.54) is 32.3 Å². The summed E-state index contributed by atoms with van der Waals surface area (Å²) in [5, 5.41) is 11.7. The molecule has 13 aromatic rings. The molecule has 0 radical (unpaired) electrons. The van der Waals surface area contributed by atoms with E-state index in [1.54, 1.807) is 11.3 Å². The van der Waals surface area contributed by atoms with E-state index in [-0.39, 0.29) is 23.5 Å². The van der Waals surface area contributed by atoms with Crippen molar-refractivity contribution in [1.29, 1.82) is 0 Å². The first-order valence-electron chi connectivity index (χ1n) is 23.0. The fraction of sp³-hybridized carbons (Fsp3) is 0. The lowest BCUT2D eigenvalue weighted by atomic mass is 9.92. The lowest BCUT2D eigenvalue weighted by Gasteiger charge is -2.13. The smallest absolute Gasteiger partial charge is 0.165 e. The van der Waals surface area contributed by atoms with E-state index in [0.29, 0.717) is 17.2 Å². The topological polar surface area (TPSA) is 43.6 Å². The average molecular weight is 812 g/mol. The molecule has 0 aliphatic heterocycles. The Labute approximate surface area is 367 Å². The molecule has 0 saturated heterocycles. The van der Waals surface area contributed by atoms with E-state index in [0.717, 1.165) is 64.4 Å². The standard InChI is InChI=1S/C57H34N4S/c1-3-15-35(16-4-1)55-58-56(36-17-5-2-6-18-36)60-57(59-55)50-34-39(61-51-25-13-11-23-45(51)46-24-12-14-26-52(46)61)33-49-47-30-28-38(32-53(47)62-54(49)50)37-27-29-44-42-21-8-7-19-40(42)41-20-9-10-22-43(41)48(44)31-37/h1-34H/i1D,3D,4D,15D,16D. The molecule has 0 atom stereocenters. The largest absolute Gasteiger partial charge is 0.309 e. The number of nitrogens with zero attached hydrogens (tertiary/aromatic N) is 4. The molecule has 62 heavy (non-hydrogen) atoms. The van der Waals surface area contributed by atoms with Gasteiger partial charge >= 0.3 is 0 Å². The van der Waals surface area contributed by atoms with Gasteiger partial charge < -0.3 is 4.57 Å². The van der Waals surface area contributed by atoms with Gasteiger partial charge in [0, 0.05) is 53.3 Å². The molecule has 0 aliphatic rings. The summed E-state index contributed by atoms with van der Waals surface area (Å²) in [4.78, 5) is 15.0. The quantitative estimate of drug-likeness (QED) is 0.163. The van der Waals surface area contributed by atoms with Crippen molar-refractivity contribution in [3.63, 3.8) is 0 Å². The van der Waals surface area contributed by atoms with Crippen molar-refractivity contribution in [3.8, 4) is 51.0 Å². The SMILES string of the molecule is [2H]c1c([2H])c([2H])c(-c2nc(-c3ccccc3)nc(-c3cc(-n4c5ccccc5c5ccccc54)cc4c3sc3cc(-c5ccc6c7ccccc7c7ccccc7c6c5)ccc34)n2)c([2H])c1[2H]. The lowest BCUT2D eigenvalue weighted by molar-refractivity contribution is 1.07. The first-order valence-corrected chi connectivity index (χ1v) is 21.3. The summed E-state index contributed by atoms with van der Waals surface area (Å²) < 4.78 is 47.6. The number of hydrogen-bond donors (Lipinski definition) is 0. The van der Waals surface area contributed by atoms with Crippen LogP contribution in [0.4, 0.5) is 0 Å². The first-order chi connectivity index (χ1) is 32.8. The van der Waals surface area contributed by atoms with Crippen LogP contribution in [0.3, 0.4) is 0 Å². The van der Waals surface area contributed by atoms with E-state index >= 15 is 0 Å². The zero-order valence-electron chi connectivity index (χ0n) is 37.9. The Morgan fingerprint density at radius 1 is 0.371 bits per heavy atom. The molecule has 0 unspecified atom stereocenters. The van der Waals surface area contributed by atoms with Crippen molar-refractivity contribution in [2.24, 2.45) is 0 Å². The maximum atomic E-state index is 8.95. The van der Waals surface area contributed by atoms with Gasteiger partial charge in [-0.2, -0.15) is 0 Å². The summed E-state index contributed by atoms with van der Waals surface area (Å²) in [7, 11) is 0. The maximum absolute atomic E-state index is 8.95. The van der Waals surface area contributed by atoms with Crippen molar-refractivity contribution in [3.05, 3.63) is 206 Å². The summed E-state index contributed by atoms with van der Waals surface area (Å²) in [6.07, 6.45) is 0. The number of thiophene rings is 1. The molecule has 0 N–H and O–H groups in total. The highest BCUT2D eigenvalue weighted by molar-refractivity contribution is 7.26. The first kappa shape index (κ1) is 30.1. The van der Waals surface area contributed by atoms with Gasteiger partial charge in [-0.05, 0) is 79.8 Å². The fourth-order valence-electron chi connectivity index (χ4n) is 9.31. The highest BCUT2D eigenvalue weighted by Crippen LogP contribution is 2.45. The van der Waals surface area contributed by atoms with Crippen LogP contribution >= 0.6 is 11.3 Å². The molecular formula is C57H34N4S. The van der Waals surface area contributed by atoms with E-state index in [2.05, 4.69) is 150 Å². The van der Waals surface area contributed by atoms with Crippen LogP contribution in [0, 0.1) is 0 Å². The van der Waals surface area contributed by atoms with Gasteiger partial charge in [0.2, 0.25) is 0 Å². The predicted octanol–water partition coefficient (Wildman–Crippen LogP) is 15.5. The van der Waals surface area contributed by atoms with Crippen LogP contribution < -0.4 is 0 Å². The second kappa shape index (κ2) is 13.8. The van der Waals surface area contributed by atoms with Crippen molar-refractivity contribution in [2.45, 2.75) is 0 Å². The molecule has 0 spiro atoms. The number of rotatable bonds is 5. The van der Waals surface area contributed by atoms with E-state index in [1.807, 2.05) is 30.3 Å². The molecule has 4 nitrogen and oxygen atoms in total. The van der Waals surface area contributed by atoms with Crippen LogP contribution in [0.1, 0.15) is 6.85 Å². The molecule has 5 heteroatoms. The lowest BCUT2D eigenvalue weighted by Crippen LogP contribution is -2.01. The van der Waals surface area contributed by atoms with Crippen molar-refractivity contribution < 1.29 is 6.85 Å². The second-order valence-corrected chi connectivity index (χ2v) is 16.6. The normalized spacial score (nSPS) is 13.0. The molecule has 10 aromatic carbocycles. The Balaban J connectivity index is 1.09. The second-order valence-electron chi connectivity index (χ2n) is 15.6. The van der Waals surface area contributed by atoms with Gasteiger partial charge in [0.1, 0.15) is 0 Å². The summed E-state index contributed by atoms with van der Waals surface area (Å²) in [5.41, 5.74) is 6.56. The summed E-state index contributed by atoms with van der Waals surface area (Å²) in [6.45, 7) is 0. The molecule has 0 bridgehead atoms. The molecule has 0 amide bonds. The minimum atomic E-state index is -0.480. The average Bonchev–Trinajstić information content (AvgIpc) is 3.93. The Morgan fingerprint density at radius 2 is 0.887 bits per heavy atom. The van der Waals surface area contributed by atoms with Gasteiger partial charge in [-0.1, -0.05) is 170 Å². The molecule has 3 aromatic heterocycles. The van der Waals surface area contributed by atoms with Crippen LogP contribution in [-0.4, -0.2) is 19.5 Å². The summed E-state index contributed by atoms with van der Waals surface area (Å²) >= 11 is 1.66. The van der Waals surface area contributed by atoms with Crippen LogP contribution in [-0.2, 0) is 0 Å². The third-order valence-electron chi connectivity index (χ3n) is 12.1. The van der Waals surface area contributed by atoms with Gasteiger partial charge in [0.05, 0.1) is 17.9 Å². The third kappa shape index (κ3) is 5.42. The fourth-order valence-corrected chi connectivity index (χ4v) is 10.5. The Bertz CT molecular complexity index is 4120. The van der Waals surface area contributed by atoms with Crippen LogP contribution in [0.2, 0.25) is 0 Å². The number of fused-ring (bicyclic) bond motifs is 12. The Hall–Kier alpha value is -7.99. The molecule has 3 heterocycles. The van der Waals surface area contributed by atoms with E-state index in [4.69, 9.17) is 21.8 Å². The molecule has 13 rings (SSSR count). The highest BCUT2D eigenvalue weighted by atomic mass is 32.1. The molecule has 0 fully saturated rings.